The van der Waals surface area contributed by atoms with Gasteiger partial charge in [-0.1, -0.05) is 31.9 Å². The van der Waals surface area contributed by atoms with Crippen LogP contribution >= 0.6 is 31.9 Å². The summed E-state index contributed by atoms with van der Waals surface area (Å²) < 4.78 is 0. The van der Waals surface area contributed by atoms with Gasteiger partial charge < -0.3 is 0 Å². The highest BCUT2D eigenvalue weighted by Crippen LogP contribution is 2.63. The zero-order chi connectivity index (χ0) is 7.59. The lowest BCUT2D eigenvalue weighted by atomic mass is 9.89. The summed E-state index contributed by atoms with van der Waals surface area (Å²) in [7, 11) is 0. The minimum absolute atomic E-state index is 0.828. The molecule has 11 heavy (non-hydrogen) atoms. The van der Waals surface area contributed by atoms with Crippen LogP contribution in [-0.4, -0.2) is 9.65 Å². The van der Waals surface area contributed by atoms with E-state index in [1.54, 1.807) is 0 Å². The van der Waals surface area contributed by atoms with Crippen molar-refractivity contribution in [2.45, 2.75) is 28.9 Å². The Bertz CT molecular complexity index is 186. The zero-order valence-corrected chi connectivity index (χ0v) is 9.51. The summed E-state index contributed by atoms with van der Waals surface area (Å²) in [6.45, 7) is 0. The van der Waals surface area contributed by atoms with E-state index in [1.165, 1.54) is 19.3 Å². The number of hydrogen-bond donors (Lipinski definition) is 0. The van der Waals surface area contributed by atoms with Crippen molar-refractivity contribution in [3.63, 3.8) is 0 Å². The first-order valence-corrected chi connectivity index (χ1v) is 6.38. The van der Waals surface area contributed by atoms with E-state index in [0.717, 1.165) is 33.3 Å². The number of hydrogen-bond acceptors (Lipinski definition) is 0. The molecule has 0 saturated heterocycles. The number of rotatable bonds is 0. The molecule has 0 aliphatic heterocycles. The van der Waals surface area contributed by atoms with Crippen molar-refractivity contribution in [3.8, 4) is 0 Å². The molecular weight excluding hydrogens is 268 g/mol. The molecule has 3 saturated carbocycles. The molecule has 2 heteroatoms. The third-order valence-corrected chi connectivity index (χ3v) is 6.39. The second-order valence-corrected chi connectivity index (χ2v) is 6.66. The van der Waals surface area contributed by atoms with Crippen molar-refractivity contribution in [1.29, 1.82) is 0 Å². The topological polar surface area (TPSA) is 0 Å². The lowest BCUT2D eigenvalue weighted by Crippen LogP contribution is -2.24. The first-order valence-electron chi connectivity index (χ1n) is 4.55. The predicted molar refractivity (Wildman–Crippen MR) is 53.2 cm³/mol. The van der Waals surface area contributed by atoms with Gasteiger partial charge in [0.2, 0.25) is 0 Å². The second kappa shape index (κ2) is 2.25. The highest BCUT2D eigenvalue weighted by atomic mass is 79.9. The van der Waals surface area contributed by atoms with Crippen molar-refractivity contribution < 1.29 is 0 Å². The summed E-state index contributed by atoms with van der Waals surface area (Å²) in [6, 6.07) is 0. The van der Waals surface area contributed by atoms with Crippen molar-refractivity contribution in [2.24, 2.45) is 23.7 Å². The standard InChI is InChI=1S/C9H12Br2/c10-7-3-4-1-5-2-6(4)8(7)9(5)11/h4-9H,1-3H2/t4-,5-,6-,7-,8-,9+/m0/s1. The Kier molecular flexibility index (Phi) is 1.51. The predicted octanol–water partition coefficient (Wildman–Crippen LogP) is 3.19. The minimum Gasteiger partial charge on any atom is -0.0887 e. The van der Waals surface area contributed by atoms with E-state index in [-0.39, 0.29) is 0 Å². The highest BCUT2D eigenvalue weighted by Gasteiger charge is 2.58. The van der Waals surface area contributed by atoms with E-state index >= 15 is 0 Å². The van der Waals surface area contributed by atoms with Crippen LogP contribution < -0.4 is 0 Å². The molecule has 3 aliphatic carbocycles. The van der Waals surface area contributed by atoms with Crippen LogP contribution in [0.15, 0.2) is 0 Å². The van der Waals surface area contributed by atoms with Crippen LogP contribution in [0.2, 0.25) is 0 Å². The van der Waals surface area contributed by atoms with Gasteiger partial charge in [0.15, 0.2) is 0 Å². The van der Waals surface area contributed by atoms with Gasteiger partial charge in [0, 0.05) is 9.65 Å². The summed E-state index contributed by atoms with van der Waals surface area (Å²) in [5.74, 6) is 4.16. The quantitative estimate of drug-likeness (QED) is 0.598. The SMILES string of the molecule is Br[C@@H]1[C@H]2C[C@H]3C[C@H](Br)[C@@H]1[C@H]3C2. The molecular formula is C9H12Br2. The molecule has 3 rings (SSSR count). The molecule has 0 spiro atoms. The fourth-order valence-electron chi connectivity index (χ4n) is 3.67. The van der Waals surface area contributed by atoms with Gasteiger partial charge in [-0.15, -0.1) is 0 Å². The molecule has 2 bridgehead atoms. The van der Waals surface area contributed by atoms with Crippen LogP contribution in [0, 0.1) is 23.7 Å². The summed E-state index contributed by atoms with van der Waals surface area (Å²) in [6.07, 6.45) is 4.49. The van der Waals surface area contributed by atoms with E-state index < -0.39 is 0 Å². The maximum Gasteiger partial charge on any atom is 0.0215 e. The Morgan fingerprint density at radius 2 is 1.73 bits per heavy atom. The van der Waals surface area contributed by atoms with Crippen LogP contribution in [0.5, 0.6) is 0 Å². The monoisotopic (exact) mass is 278 g/mol. The number of fused-ring (bicyclic) bond motifs is 1. The van der Waals surface area contributed by atoms with Gasteiger partial charge in [0.1, 0.15) is 0 Å². The van der Waals surface area contributed by atoms with Gasteiger partial charge in [-0.05, 0) is 42.9 Å². The van der Waals surface area contributed by atoms with E-state index in [9.17, 15) is 0 Å². The first kappa shape index (κ1) is 7.37. The second-order valence-electron chi connectivity index (χ2n) is 4.43. The van der Waals surface area contributed by atoms with Crippen LogP contribution in [0.25, 0.3) is 0 Å². The summed E-state index contributed by atoms with van der Waals surface area (Å²) in [5.41, 5.74) is 0. The van der Waals surface area contributed by atoms with Crippen molar-refractivity contribution >= 4 is 31.9 Å². The summed E-state index contributed by atoms with van der Waals surface area (Å²) in [5, 5.41) is 0. The summed E-state index contributed by atoms with van der Waals surface area (Å²) >= 11 is 7.68. The van der Waals surface area contributed by atoms with Gasteiger partial charge >= 0.3 is 0 Å². The molecule has 0 amide bonds. The van der Waals surface area contributed by atoms with Crippen LogP contribution in [0.4, 0.5) is 0 Å². The Labute approximate surface area is 84.4 Å². The number of alkyl halides is 2. The molecule has 3 fully saturated rings. The Morgan fingerprint density at radius 3 is 2.36 bits per heavy atom. The number of halogens is 2. The lowest BCUT2D eigenvalue weighted by molar-refractivity contribution is 0.345. The van der Waals surface area contributed by atoms with E-state index in [2.05, 4.69) is 31.9 Å². The third-order valence-electron chi connectivity index (χ3n) is 4.04. The van der Waals surface area contributed by atoms with Crippen molar-refractivity contribution in [1.82, 2.24) is 0 Å². The van der Waals surface area contributed by atoms with Crippen molar-refractivity contribution in [3.05, 3.63) is 0 Å². The van der Waals surface area contributed by atoms with Crippen LogP contribution in [0.3, 0.4) is 0 Å². The largest absolute Gasteiger partial charge is 0.0887 e. The van der Waals surface area contributed by atoms with Crippen molar-refractivity contribution in [2.75, 3.05) is 0 Å². The molecule has 0 aromatic rings. The maximum absolute atomic E-state index is 3.86. The molecule has 0 unspecified atom stereocenters. The van der Waals surface area contributed by atoms with Gasteiger partial charge in [0.25, 0.3) is 0 Å². The summed E-state index contributed by atoms with van der Waals surface area (Å²) in [4.78, 5) is 1.67. The zero-order valence-electron chi connectivity index (χ0n) is 6.34. The first-order chi connectivity index (χ1) is 5.27. The Balaban J connectivity index is 1.99. The third kappa shape index (κ3) is 0.810. The normalized spacial score (nSPS) is 66.0. The maximum atomic E-state index is 3.86. The molecule has 0 N–H and O–H groups in total. The lowest BCUT2D eigenvalue weighted by Gasteiger charge is -2.24. The molecule has 6 atom stereocenters. The van der Waals surface area contributed by atoms with Gasteiger partial charge in [-0.2, -0.15) is 0 Å². The van der Waals surface area contributed by atoms with E-state index in [0.29, 0.717) is 0 Å². The van der Waals surface area contributed by atoms with Crippen LogP contribution in [-0.2, 0) is 0 Å². The van der Waals surface area contributed by atoms with Gasteiger partial charge in [-0.25, -0.2) is 0 Å². The molecule has 0 heterocycles. The van der Waals surface area contributed by atoms with E-state index in [4.69, 9.17) is 0 Å². The van der Waals surface area contributed by atoms with Gasteiger partial charge in [0.05, 0.1) is 0 Å². The molecule has 0 aromatic heterocycles. The average molecular weight is 280 g/mol. The molecule has 0 radical (unpaired) electrons. The highest BCUT2D eigenvalue weighted by molar-refractivity contribution is 9.10. The fraction of sp³-hybridized carbons (Fsp3) is 1.00. The Morgan fingerprint density at radius 1 is 0.909 bits per heavy atom. The smallest absolute Gasteiger partial charge is 0.0215 e. The molecule has 62 valence electrons. The molecule has 0 nitrogen and oxygen atoms in total. The minimum atomic E-state index is 0.828. The average Bonchev–Trinajstić information content (AvgIpc) is 2.47. The Hall–Kier alpha value is 0.960. The van der Waals surface area contributed by atoms with Gasteiger partial charge in [-0.3, -0.25) is 0 Å². The van der Waals surface area contributed by atoms with Crippen LogP contribution in [0.1, 0.15) is 19.3 Å². The fourth-order valence-corrected chi connectivity index (χ4v) is 6.47. The molecule has 0 aromatic carbocycles. The van der Waals surface area contributed by atoms with E-state index in [1.807, 2.05) is 0 Å². The molecule has 3 aliphatic rings.